The molecule has 0 aliphatic heterocycles. The van der Waals surface area contributed by atoms with Gasteiger partial charge in [-0.15, -0.1) is 0 Å². The van der Waals surface area contributed by atoms with Gasteiger partial charge >= 0.3 is 5.69 Å². The molecule has 0 aliphatic carbocycles. The Kier molecular flexibility index (Phi) is 5.99. The van der Waals surface area contributed by atoms with Crippen molar-refractivity contribution in [2.24, 2.45) is 0 Å². The van der Waals surface area contributed by atoms with E-state index >= 15 is 0 Å². The number of carbonyl (C=O) groups excluding carboxylic acids is 2. The number of hydrogen-bond donors (Lipinski definition) is 1. The maximum Gasteiger partial charge on any atom is 0.336 e. The molecule has 0 saturated carbocycles. The summed E-state index contributed by atoms with van der Waals surface area (Å²) < 4.78 is 2.31. The van der Waals surface area contributed by atoms with Crippen LogP contribution in [-0.4, -0.2) is 25.8 Å². The van der Waals surface area contributed by atoms with Crippen LogP contribution >= 0.6 is 0 Å². The molecule has 0 aliphatic rings. The van der Waals surface area contributed by atoms with Crippen LogP contribution in [0.15, 0.2) is 76.6 Å². The number of aryl methyl sites for hydroxylation is 1. The van der Waals surface area contributed by atoms with E-state index in [1.165, 1.54) is 11.5 Å². The summed E-state index contributed by atoms with van der Waals surface area (Å²) in [5.41, 5.74) is 1.73. The predicted octanol–water partition coefficient (Wildman–Crippen LogP) is 2.37. The average molecular weight is 442 g/mol. The number of amides is 1. The van der Waals surface area contributed by atoms with E-state index in [1.54, 1.807) is 60.9 Å². The van der Waals surface area contributed by atoms with Crippen molar-refractivity contribution >= 4 is 22.6 Å². The fourth-order valence-corrected chi connectivity index (χ4v) is 3.62. The zero-order valence-corrected chi connectivity index (χ0v) is 18.2. The standard InChI is InChI=1S/C25H22N4O4/c1-16-5-10-22-21(12-16)24(32)29(20-8-6-19(7-9-20)17(2)30)25(33)28(22)15-23(31)27-14-18-4-3-11-26-13-18/h3-13H,14-15H2,1-2H3,(H,27,31). The molecule has 0 atom stereocenters. The number of Topliss-reactive ketones (excluding diaryl/α,β-unsaturated/α-hetero) is 1. The molecule has 8 heteroatoms. The highest BCUT2D eigenvalue weighted by Crippen LogP contribution is 2.13. The predicted molar refractivity (Wildman–Crippen MR) is 125 cm³/mol. The van der Waals surface area contributed by atoms with Crippen molar-refractivity contribution in [2.45, 2.75) is 26.9 Å². The number of pyridine rings is 1. The van der Waals surface area contributed by atoms with Crippen molar-refractivity contribution in [3.8, 4) is 5.69 Å². The summed E-state index contributed by atoms with van der Waals surface area (Å²) in [4.78, 5) is 54.9. The number of benzene rings is 2. The molecular weight excluding hydrogens is 420 g/mol. The number of fused-ring (bicyclic) bond motifs is 1. The second-order valence-corrected chi connectivity index (χ2v) is 7.77. The first-order valence-electron chi connectivity index (χ1n) is 10.4. The molecule has 166 valence electrons. The Balaban J connectivity index is 1.78. The van der Waals surface area contributed by atoms with E-state index in [0.29, 0.717) is 22.2 Å². The summed E-state index contributed by atoms with van der Waals surface area (Å²) >= 11 is 0. The second kappa shape index (κ2) is 9.04. The van der Waals surface area contributed by atoms with Crippen LogP contribution in [0.4, 0.5) is 0 Å². The minimum Gasteiger partial charge on any atom is -0.350 e. The first-order valence-corrected chi connectivity index (χ1v) is 10.4. The van der Waals surface area contributed by atoms with Gasteiger partial charge in [-0.3, -0.25) is 23.9 Å². The van der Waals surface area contributed by atoms with Crippen molar-refractivity contribution in [1.29, 1.82) is 0 Å². The normalized spacial score (nSPS) is 10.8. The first-order chi connectivity index (χ1) is 15.8. The molecule has 4 rings (SSSR count). The van der Waals surface area contributed by atoms with Crippen LogP contribution in [0.25, 0.3) is 16.6 Å². The van der Waals surface area contributed by atoms with E-state index in [9.17, 15) is 19.2 Å². The van der Waals surface area contributed by atoms with Crippen LogP contribution in [0.2, 0.25) is 0 Å². The molecule has 1 amide bonds. The first kappa shape index (κ1) is 21.9. The van der Waals surface area contributed by atoms with Gasteiger partial charge in [-0.1, -0.05) is 17.7 Å². The van der Waals surface area contributed by atoms with Crippen LogP contribution in [0.5, 0.6) is 0 Å². The zero-order valence-electron chi connectivity index (χ0n) is 18.2. The van der Waals surface area contributed by atoms with Crippen LogP contribution < -0.4 is 16.6 Å². The molecule has 0 fully saturated rings. The maximum atomic E-state index is 13.4. The van der Waals surface area contributed by atoms with E-state index in [-0.39, 0.29) is 24.8 Å². The maximum absolute atomic E-state index is 13.4. The lowest BCUT2D eigenvalue weighted by Gasteiger charge is -2.15. The highest BCUT2D eigenvalue weighted by atomic mass is 16.2. The quantitative estimate of drug-likeness (QED) is 0.462. The molecule has 0 radical (unpaired) electrons. The average Bonchev–Trinajstić information content (AvgIpc) is 2.81. The minimum absolute atomic E-state index is 0.120. The van der Waals surface area contributed by atoms with E-state index < -0.39 is 11.2 Å². The molecule has 33 heavy (non-hydrogen) atoms. The zero-order chi connectivity index (χ0) is 23.5. The topological polar surface area (TPSA) is 103 Å². The molecule has 8 nitrogen and oxygen atoms in total. The van der Waals surface area contributed by atoms with Gasteiger partial charge in [0.1, 0.15) is 6.54 Å². The van der Waals surface area contributed by atoms with Gasteiger partial charge in [0.05, 0.1) is 16.6 Å². The molecule has 2 aromatic heterocycles. The molecule has 0 unspecified atom stereocenters. The van der Waals surface area contributed by atoms with Gasteiger partial charge in [-0.05, 0) is 61.9 Å². The summed E-state index contributed by atoms with van der Waals surface area (Å²) in [5.74, 6) is -0.495. The summed E-state index contributed by atoms with van der Waals surface area (Å²) in [6.07, 6.45) is 3.29. The molecular formula is C25H22N4O4. The third kappa shape index (κ3) is 4.50. The second-order valence-electron chi connectivity index (χ2n) is 7.77. The largest absolute Gasteiger partial charge is 0.350 e. The Labute approximate surface area is 189 Å². The van der Waals surface area contributed by atoms with Crippen molar-refractivity contribution < 1.29 is 9.59 Å². The van der Waals surface area contributed by atoms with Crippen LogP contribution in [0.3, 0.4) is 0 Å². The molecule has 4 aromatic rings. The fraction of sp³-hybridized carbons (Fsp3) is 0.160. The number of nitrogens with zero attached hydrogens (tertiary/aromatic N) is 3. The Morgan fingerprint density at radius 1 is 1.03 bits per heavy atom. The van der Waals surface area contributed by atoms with Gasteiger partial charge in [0.25, 0.3) is 5.56 Å². The summed E-state index contributed by atoms with van der Waals surface area (Å²) in [6, 6.07) is 15.0. The van der Waals surface area contributed by atoms with E-state index in [2.05, 4.69) is 10.3 Å². The Bertz CT molecular complexity index is 1470. The van der Waals surface area contributed by atoms with Gasteiger partial charge in [0.15, 0.2) is 5.78 Å². The lowest BCUT2D eigenvalue weighted by atomic mass is 10.1. The SMILES string of the molecule is CC(=O)c1ccc(-n2c(=O)c3cc(C)ccc3n(CC(=O)NCc3cccnc3)c2=O)cc1. The van der Waals surface area contributed by atoms with Gasteiger partial charge in [0, 0.05) is 24.5 Å². The summed E-state index contributed by atoms with van der Waals surface area (Å²) in [6.45, 7) is 3.30. The molecule has 2 aromatic carbocycles. The van der Waals surface area contributed by atoms with Gasteiger partial charge in [0.2, 0.25) is 5.91 Å². The smallest absolute Gasteiger partial charge is 0.336 e. The fourth-order valence-electron chi connectivity index (χ4n) is 3.62. The third-order valence-corrected chi connectivity index (χ3v) is 5.34. The number of hydrogen-bond acceptors (Lipinski definition) is 5. The molecule has 0 spiro atoms. The molecule has 1 N–H and O–H groups in total. The molecule has 0 saturated heterocycles. The number of aromatic nitrogens is 3. The Morgan fingerprint density at radius 3 is 2.45 bits per heavy atom. The van der Waals surface area contributed by atoms with E-state index in [4.69, 9.17) is 0 Å². The van der Waals surface area contributed by atoms with Crippen molar-refractivity contribution in [1.82, 2.24) is 19.4 Å². The van der Waals surface area contributed by atoms with Crippen LogP contribution in [-0.2, 0) is 17.9 Å². The molecule has 2 heterocycles. The lowest BCUT2D eigenvalue weighted by molar-refractivity contribution is -0.121. The minimum atomic E-state index is -0.636. The number of ketones is 1. The third-order valence-electron chi connectivity index (χ3n) is 5.34. The van der Waals surface area contributed by atoms with Gasteiger partial charge < -0.3 is 5.32 Å². The van der Waals surface area contributed by atoms with Crippen molar-refractivity contribution in [2.75, 3.05) is 0 Å². The van der Waals surface area contributed by atoms with Crippen molar-refractivity contribution in [3.63, 3.8) is 0 Å². The van der Waals surface area contributed by atoms with E-state index in [1.807, 2.05) is 13.0 Å². The Morgan fingerprint density at radius 2 is 1.79 bits per heavy atom. The highest BCUT2D eigenvalue weighted by Gasteiger charge is 2.17. The highest BCUT2D eigenvalue weighted by molar-refractivity contribution is 5.94. The number of carbonyl (C=O) groups is 2. The van der Waals surface area contributed by atoms with Gasteiger partial charge in [-0.2, -0.15) is 0 Å². The number of nitrogens with one attached hydrogen (secondary N) is 1. The summed E-state index contributed by atoms with van der Waals surface area (Å²) in [5, 5.41) is 3.11. The van der Waals surface area contributed by atoms with Crippen molar-refractivity contribution in [3.05, 3.63) is 105 Å². The van der Waals surface area contributed by atoms with Crippen LogP contribution in [0.1, 0.15) is 28.4 Å². The summed E-state index contributed by atoms with van der Waals surface area (Å²) in [7, 11) is 0. The number of rotatable bonds is 6. The van der Waals surface area contributed by atoms with Crippen LogP contribution in [0, 0.1) is 6.92 Å². The van der Waals surface area contributed by atoms with Gasteiger partial charge in [-0.25, -0.2) is 9.36 Å². The lowest BCUT2D eigenvalue weighted by Crippen LogP contribution is -2.41. The monoisotopic (exact) mass is 442 g/mol. The molecule has 0 bridgehead atoms. The van der Waals surface area contributed by atoms with E-state index in [0.717, 1.165) is 15.7 Å². The Hall–Kier alpha value is -4.33.